The van der Waals surface area contributed by atoms with E-state index in [-0.39, 0.29) is 12.6 Å². The number of aromatic nitrogens is 1. The highest BCUT2D eigenvalue weighted by Gasteiger charge is 2.08. The smallest absolute Gasteiger partial charge is 0.0794 e. The maximum Gasteiger partial charge on any atom is 0.0794 e. The molecule has 1 heterocycles. The van der Waals surface area contributed by atoms with E-state index in [4.69, 9.17) is 5.11 Å². The average molecular weight is 214 g/mol. The molecule has 0 radical (unpaired) electrons. The standard InChI is InChI=1S/C10H18N2OS/c1-8(2)3-9(6-13)12-5-10-4-11-7-14-10/h4,7-9,12-13H,3,5-6H2,1-2H3. The minimum atomic E-state index is 0.205. The summed E-state index contributed by atoms with van der Waals surface area (Å²) < 4.78 is 0. The van der Waals surface area contributed by atoms with Crippen LogP contribution in [-0.4, -0.2) is 22.7 Å². The molecular weight excluding hydrogens is 196 g/mol. The molecule has 0 bridgehead atoms. The van der Waals surface area contributed by atoms with E-state index in [2.05, 4.69) is 24.1 Å². The Morgan fingerprint density at radius 1 is 1.57 bits per heavy atom. The van der Waals surface area contributed by atoms with Gasteiger partial charge in [-0.15, -0.1) is 11.3 Å². The van der Waals surface area contributed by atoms with E-state index in [9.17, 15) is 0 Å². The van der Waals surface area contributed by atoms with Gasteiger partial charge in [0.05, 0.1) is 12.1 Å². The second kappa shape index (κ2) is 6.11. The maximum atomic E-state index is 9.13. The Labute approximate surface area is 89.2 Å². The van der Waals surface area contributed by atoms with Gasteiger partial charge in [-0.25, -0.2) is 0 Å². The third-order valence-corrected chi connectivity index (χ3v) is 2.80. The molecule has 0 fully saturated rings. The molecule has 0 saturated heterocycles. The van der Waals surface area contributed by atoms with Crippen LogP contribution in [0, 0.1) is 5.92 Å². The SMILES string of the molecule is CC(C)CC(CO)NCc1cncs1. The van der Waals surface area contributed by atoms with E-state index in [0.717, 1.165) is 13.0 Å². The van der Waals surface area contributed by atoms with Crippen molar-refractivity contribution in [1.82, 2.24) is 10.3 Å². The molecule has 1 aromatic rings. The molecule has 2 N–H and O–H groups in total. The zero-order valence-corrected chi connectivity index (χ0v) is 9.55. The summed E-state index contributed by atoms with van der Waals surface area (Å²) in [6, 6.07) is 0.206. The predicted octanol–water partition coefficient (Wildman–Crippen LogP) is 1.64. The van der Waals surface area contributed by atoms with Gasteiger partial charge in [0, 0.05) is 23.7 Å². The van der Waals surface area contributed by atoms with Crippen LogP contribution in [0.4, 0.5) is 0 Å². The quantitative estimate of drug-likeness (QED) is 0.756. The van der Waals surface area contributed by atoms with Crippen LogP contribution in [0.15, 0.2) is 11.7 Å². The van der Waals surface area contributed by atoms with Gasteiger partial charge in [-0.3, -0.25) is 4.98 Å². The van der Waals surface area contributed by atoms with Gasteiger partial charge in [0.1, 0.15) is 0 Å². The molecule has 1 unspecified atom stereocenters. The van der Waals surface area contributed by atoms with Gasteiger partial charge < -0.3 is 10.4 Å². The highest BCUT2D eigenvalue weighted by Crippen LogP contribution is 2.08. The van der Waals surface area contributed by atoms with Gasteiger partial charge in [-0.1, -0.05) is 13.8 Å². The minimum Gasteiger partial charge on any atom is -0.395 e. The first-order valence-electron chi connectivity index (χ1n) is 4.94. The van der Waals surface area contributed by atoms with E-state index in [1.165, 1.54) is 4.88 Å². The summed E-state index contributed by atoms with van der Waals surface area (Å²) in [5.41, 5.74) is 1.83. The molecule has 14 heavy (non-hydrogen) atoms. The average Bonchev–Trinajstić information content (AvgIpc) is 2.64. The second-order valence-corrected chi connectivity index (χ2v) is 4.83. The number of aliphatic hydroxyl groups is 1. The van der Waals surface area contributed by atoms with Crippen molar-refractivity contribution in [1.29, 1.82) is 0 Å². The Balaban J connectivity index is 2.27. The van der Waals surface area contributed by atoms with E-state index in [0.29, 0.717) is 5.92 Å². The van der Waals surface area contributed by atoms with Crippen molar-refractivity contribution in [3.63, 3.8) is 0 Å². The Bertz CT molecular complexity index is 236. The number of nitrogens with one attached hydrogen (secondary N) is 1. The Morgan fingerprint density at radius 3 is 2.86 bits per heavy atom. The van der Waals surface area contributed by atoms with Crippen molar-refractivity contribution in [2.45, 2.75) is 32.9 Å². The third kappa shape index (κ3) is 4.17. The van der Waals surface area contributed by atoms with Crippen LogP contribution >= 0.6 is 11.3 Å². The third-order valence-electron chi connectivity index (χ3n) is 2.02. The van der Waals surface area contributed by atoms with Gasteiger partial charge in [0.25, 0.3) is 0 Å². The van der Waals surface area contributed by atoms with Crippen LogP contribution in [0.1, 0.15) is 25.1 Å². The van der Waals surface area contributed by atoms with E-state index < -0.39 is 0 Å². The largest absolute Gasteiger partial charge is 0.395 e. The molecule has 0 spiro atoms. The molecule has 3 nitrogen and oxygen atoms in total. The number of nitrogens with zero attached hydrogens (tertiary/aromatic N) is 1. The fourth-order valence-corrected chi connectivity index (χ4v) is 1.91. The van der Waals surface area contributed by atoms with Crippen molar-refractivity contribution in [2.24, 2.45) is 5.92 Å². The number of hydrogen-bond donors (Lipinski definition) is 2. The second-order valence-electron chi connectivity index (χ2n) is 3.86. The number of aliphatic hydroxyl groups excluding tert-OH is 1. The molecular formula is C10H18N2OS. The number of rotatable bonds is 6. The van der Waals surface area contributed by atoms with E-state index in [1.807, 2.05) is 11.7 Å². The summed E-state index contributed by atoms with van der Waals surface area (Å²) in [5.74, 6) is 0.612. The lowest BCUT2D eigenvalue weighted by Crippen LogP contribution is -2.32. The summed E-state index contributed by atoms with van der Waals surface area (Å²) >= 11 is 1.64. The zero-order chi connectivity index (χ0) is 10.4. The molecule has 0 amide bonds. The summed E-state index contributed by atoms with van der Waals surface area (Å²) in [6.45, 7) is 5.34. The van der Waals surface area contributed by atoms with Gasteiger partial charge in [-0.2, -0.15) is 0 Å². The van der Waals surface area contributed by atoms with Crippen LogP contribution in [0.2, 0.25) is 0 Å². The van der Waals surface area contributed by atoms with E-state index >= 15 is 0 Å². The highest BCUT2D eigenvalue weighted by molar-refractivity contribution is 7.09. The van der Waals surface area contributed by atoms with Crippen LogP contribution < -0.4 is 5.32 Å². The molecule has 0 aliphatic carbocycles. The Morgan fingerprint density at radius 2 is 2.36 bits per heavy atom. The van der Waals surface area contributed by atoms with Crippen molar-refractivity contribution in [2.75, 3.05) is 6.61 Å². The lowest BCUT2D eigenvalue weighted by Gasteiger charge is -2.17. The van der Waals surface area contributed by atoms with Crippen molar-refractivity contribution in [3.8, 4) is 0 Å². The van der Waals surface area contributed by atoms with Crippen LogP contribution in [0.25, 0.3) is 0 Å². The lowest BCUT2D eigenvalue weighted by atomic mass is 10.0. The molecule has 0 aliphatic heterocycles. The van der Waals surface area contributed by atoms with Crippen LogP contribution in [0.3, 0.4) is 0 Å². The number of thiazole rings is 1. The van der Waals surface area contributed by atoms with Crippen molar-refractivity contribution < 1.29 is 5.11 Å². The highest BCUT2D eigenvalue weighted by atomic mass is 32.1. The van der Waals surface area contributed by atoms with Crippen molar-refractivity contribution >= 4 is 11.3 Å². The summed E-state index contributed by atoms with van der Waals surface area (Å²) in [7, 11) is 0. The molecule has 0 aromatic carbocycles. The fourth-order valence-electron chi connectivity index (χ4n) is 1.37. The summed E-state index contributed by atoms with van der Waals surface area (Å²) in [5, 5.41) is 12.5. The van der Waals surface area contributed by atoms with E-state index in [1.54, 1.807) is 11.3 Å². The summed E-state index contributed by atoms with van der Waals surface area (Å²) in [4.78, 5) is 5.22. The van der Waals surface area contributed by atoms with Gasteiger partial charge >= 0.3 is 0 Å². The minimum absolute atomic E-state index is 0.205. The fraction of sp³-hybridized carbons (Fsp3) is 0.700. The first-order chi connectivity index (χ1) is 6.72. The maximum absolute atomic E-state index is 9.13. The summed E-state index contributed by atoms with van der Waals surface area (Å²) in [6.07, 6.45) is 2.87. The number of hydrogen-bond acceptors (Lipinski definition) is 4. The molecule has 80 valence electrons. The zero-order valence-electron chi connectivity index (χ0n) is 8.73. The molecule has 1 aromatic heterocycles. The first kappa shape index (κ1) is 11.6. The first-order valence-corrected chi connectivity index (χ1v) is 5.82. The monoisotopic (exact) mass is 214 g/mol. The lowest BCUT2D eigenvalue weighted by molar-refractivity contribution is 0.224. The predicted molar refractivity (Wildman–Crippen MR) is 59.3 cm³/mol. The van der Waals surface area contributed by atoms with Crippen LogP contribution in [0.5, 0.6) is 0 Å². The topological polar surface area (TPSA) is 45.1 Å². The van der Waals surface area contributed by atoms with Crippen LogP contribution in [-0.2, 0) is 6.54 Å². The molecule has 1 rings (SSSR count). The Kier molecular flexibility index (Phi) is 5.07. The van der Waals surface area contributed by atoms with Crippen molar-refractivity contribution in [3.05, 3.63) is 16.6 Å². The Hall–Kier alpha value is -0.450. The van der Waals surface area contributed by atoms with Gasteiger partial charge in [-0.05, 0) is 12.3 Å². The molecule has 0 saturated carbocycles. The molecule has 0 aliphatic rings. The van der Waals surface area contributed by atoms with Gasteiger partial charge in [0.15, 0.2) is 0 Å². The van der Waals surface area contributed by atoms with Gasteiger partial charge in [0.2, 0.25) is 0 Å². The molecule has 4 heteroatoms. The molecule has 1 atom stereocenters. The normalized spacial score (nSPS) is 13.4.